The van der Waals surface area contributed by atoms with E-state index in [9.17, 15) is 4.79 Å². The lowest BCUT2D eigenvalue weighted by Gasteiger charge is -2.37. The van der Waals surface area contributed by atoms with Crippen LogP contribution in [-0.4, -0.2) is 39.0 Å². The molecule has 2 rings (SSSR count). The van der Waals surface area contributed by atoms with Crippen LogP contribution in [0.25, 0.3) is 0 Å². The fraction of sp³-hybridized carbons (Fsp3) is 0.615. The summed E-state index contributed by atoms with van der Waals surface area (Å²) in [6.45, 7) is 7.07. The van der Waals surface area contributed by atoms with Crippen LogP contribution in [-0.2, 0) is 6.54 Å². The maximum Gasteiger partial charge on any atom is 0.339 e. The fourth-order valence-electron chi connectivity index (χ4n) is 2.55. The predicted octanol–water partition coefficient (Wildman–Crippen LogP) is 1.80. The second kappa shape index (κ2) is 5.02. The van der Waals surface area contributed by atoms with Crippen molar-refractivity contribution in [2.24, 2.45) is 5.41 Å². The highest BCUT2D eigenvalue weighted by Gasteiger charge is 2.27. The molecule has 1 saturated heterocycles. The molecule has 0 atom stereocenters. The summed E-state index contributed by atoms with van der Waals surface area (Å²) in [6.07, 6.45) is 5.16. The van der Waals surface area contributed by atoms with E-state index in [1.54, 1.807) is 0 Å². The molecule has 0 aliphatic carbocycles. The minimum absolute atomic E-state index is 0.209. The van der Waals surface area contributed by atoms with E-state index in [4.69, 9.17) is 5.11 Å². The molecule has 2 heterocycles. The molecule has 1 fully saturated rings. The lowest BCUT2D eigenvalue weighted by Crippen LogP contribution is -2.39. The summed E-state index contributed by atoms with van der Waals surface area (Å²) in [5, 5.41) is 9.10. The number of carboxylic acid groups (broad SMARTS) is 1. The van der Waals surface area contributed by atoms with Gasteiger partial charge in [-0.15, -0.1) is 0 Å². The van der Waals surface area contributed by atoms with Gasteiger partial charge in [-0.25, -0.2) is 14.8 Å². The van der Waals surface area contributed by atoms with Crippen molar-refractivity contribution in [2.45, 2.75) is 33.2 Å². The summed E-state index contributed by atoms with van der Waals surface area (Å²) >= 11 is 0. The fourth-order valence-corrected chi connectivity index (χ4v) is 2.55. The van der Waals surface area contributed by atoms with Gasteiger partial charge in [0, 0.05) is 19.3 Å². The van der Waals surface area contributed by atoms with Crippen molar-refractivity contribution < 1.29 is 9.90 Å². The molecule has 1 aromatic rings. The van der Waals surface area contributed by atoms with Gasteiger partial charge in [-0.2, -0.15) is 0 Å². The molecule has 5 heteroatoms. The number of nitrogens with zero attached hydrogens (tertiary/aromatic N) is 3. The Morgan fingerprint density at radius 2 is 2.33 bits per heavy atom. The number of carboxylic acids is 1. The van der Waals surface area contributed by atoms with Crippen LogP contribution in [0.2, 0.25) is 0 Å². The molecular weight excluding hydrogens is 230 g/mol. The van der Waals surface area contributed by atoms with Crippen molar-refractivity contribution in [3.8, 4) is 0 Å². The van der Waals surface area contributed by atoms with Crippen molar-refractivity contribution in [2.75, 3.05) is 13.1 Å². The molecule has 5 nitrogen and oxygen atoms in total. The van der Waals surface area contributed by atoms with Crippen LogP contribution in [0.1, 0.15) is 42.7 Å². The van der Waals surface area contributed by atoms with Gasteiger partial charge in [0.15, 0.2) is 0 Å². The summed E-state index contributed by atoms with van der Waals surface area (Å²) in [4.78, 5) is 21.3. The van der Waals surface area contributed by atoms with Gasteiger partial charge in [0.2, 0.25) is 0 Å². The van der Waals surface area contributed by atoms with E-state index in [0.717, 1.165) is 19.5 Å². The maximum absolute atomic E-state index is 11.1. The third kappa shape index (κ3) is 3.04. The zero-order chi connectivity index (χ0) is 13.2. The Morgan fingerprint density at radius 3 is 3.00 bits per heavy atom. The highest BCUT2D eigenvalue weighted by atomic mass is 16.4. The summed E-state index contributed by atoms with van der Waals surface area (Å²) in [5.74, 6) is -0.957. The van der Waals surface area contributed by atoms with Crippen LogP contribution in [0.4, 0.5) is 0 Å². The highest BCUT2D eigenvalue weighted by molar-refractivity contribution is 5.88. The zero-order valence-corrected chi connectivity index (χ0v) is 10.9. The van der Waals surface area contributed by atoms with Crippen LogP contribution in [0.15, 0.2) is 12.5 Å². The number of hydrogen-bond acceptors (Lipinski definition) is 4. The third-order valence-corrected chi connectivity index (χ3v) is 3.38. The van der Waals surface area contributed by atoms with Gasteiger partial charge in [-0.05, 0) is 24.8 Å². The average molecular weight is 249 g/mol. The molecule has 0 spiro atoms. The molecule has 0 amide bonds. The minimum Gasteiger partial charge on any atom is -0.478 e. The van der Waals surface area contributed by atoms with E-state index >= 15 is 0 Å². The summed E-state index contributed by atoms with van der Waals surface area (Å²) in [7, 11) is 0. The molecule has 0 radical (unpaired) electrons. The largest absolute Gasteiger partial charge is 0.478 e. The average Bonchev–Trinajstić information content (AvgIpc) is 2.28. The van der Waals surface area contributed by atoms with Crippen molar-refractivity contribution in [1.29, 1.82) is 0 Å². The van der Waals surface area contributed by atoms with Crippen LogP contribution < -0.4 is 0 Å². The lowest BCUT2D eigenvalue weighted by atomic mass is 9.84. The molecular formula is C13H19N3O2. The first-order chi connectivity index (χ1) is 8.48. The Hall–Kier alpha value is -1.49. The van der Waals surface area contributed by atoms with Gasteiger partial charge in [0.05, 0.1) is 5.69 Å². The van der Waals surface area contributed by atoms with Gasteiger partial charge in [-0.3, -0.25) is 4.90 Å². The van der Waals surface area contributed by atoms with E-state index < -0.39 is 5.97 Å². The highest BCUT2D eigenvalue weighted by Crippen LogP contribution is 2.29. The number of aromatic carboxylic acids is 1. The molecule has 1 N–H and O–H groups in total. The number of carbonyl (C=O) groups is 1. The van der Waals surface area contributed by atoms with Crippen LogP contribution in [0, 0.1) is 5.41 Å². The molecule has 0 bridgehead atoms. The Bertz CT molecular complexity index is 446. The monoisotopic (exact) mass is 249 g/mol. The summed E-state index contributed by atoms with van der Waals surface area (Å²) < 4.78 is 0. The smallest absolute Gasteiger partial charge is 0.339 e. The number of likely N-dealkylation sites (tertiary alicyclic amines) is 1. The molecule has 0 unspecified atom stereocenters. The molecule has 0 aromatic carbocycles. The van der Waals surface area contributed by atoms with E-state index in [0.29, 0.717) is 17.7 Å². The second-order valence-corrected chi connectivity index (χ2v) is 5.67. The number of piperidine rings is 1. The third-order valence-electron chi connectivity index (χ3n) is 3.38. The Kier molecular flexibility index (Phi) is 3.61. The molecule has 1 aliphatic rings. The Labute approximate surface area is 107 Å². The van der Waals surface area contributed by atoms with E-state index in [2.05, 4.69) is 28.7 Å². The first kappa shape index (κ1) is 13.0. The normalized spacial score (nSPS) is 19.7. The molecule has 0 saturated carbocycles. The standard InChI is InChI=1S/C13H19N3O2/c1-13(2)4-3-5-16(8-13)7-11-10(12(17)18)6-14-9-15-11/h6,9H,3-5,7-8H2,1-2H3,(H,17,18). The summed E-state index contributed by atoms with van der Waals surface area (Å²) in [6, 6.07) is 0. The maximum atomic E-state index is 11.1. The molecule has 1 aliphatic heterocycles. The van der Waals surface area contributed by atoms with Crippen LogP contribution in [0.3, 0.4) is 0 Å². The topological polar surface area (TPSA) is 66.3 Å². The molecule has 1 aromatic heterocycles. The van der Waals surface area contributed by atoms with Crippen molar-refractivity contribution in [1.82, 2.24) is 14.9 Å². The minimum atomic E-state index is -0.957. The molecule has 98 valence electrons. The van der Waals surface area contributed by atoms with E-state index in [1.165, 1.54) is 18.9 Å². The second-order valence-electron chi connectivity index (χ2n) is 5.67. The van der Waals surface area contributed by atoms with E-state index in [1.807, 2.05) is 0 Å². The van der Waals surface area contributed by atoms with Gasteiger partial charge in [-0.1, -0.05) is 13.8 Å². The van der Waals surface area contributed by atoms with Crippen LogP contribution in [0.5, 0.6) is 0 Å². The van der Waals surface area contributed by atoms with Crippen molar-refractivity contribution in [3.63, 3.8) is 0 Å². The Morgan fingerprint density at radius 1 is 1.56 bits per heavy atom. The van der Waals surface area contributed by atoms with Gasteiger partial charge >= 0.3 is 5.97 Å². The summed E-state index contributed by atoms with van der Waals surface area (Å²) in [5.41, 5.74) is 1.12. The first-order valence-corrected chi connectivity index (χ1v) is 6.22. The predicted molar refractivity (Wildman–Crippen MR) is 67.3 cm³/mol. The number of rotatable bonds is 3. The Balaban J connectivity index is 2.12. The number of aromatic nitrogens is 2. The van der Waals surface area contributed by atoms with Gasteiger partial charge < -0.3 is 5.11 Å². The molecule has 18 heavy (non-hydrogen) atoms. The SMILES string of the molecule is CC1(C)CCCN(Cc2ncncc2C(=O)O)C1. The van der Waals surface area contributed by atoms with Crippen molar-refractivity contribution >= 4 is 5.97 Å². The van der Waals surface area contributed by atoms with Gasteiger partial charge in [0.25, 0.3) is 0 Å². The lowest BCUT2D eigenvalue weighted by molar-refractivity contribution is 0.0690. The van der Waals surface area contributed by atoms with Gasteiger partial charge in [0.1, 0.15) is 11.9 Å². The van der Waals surface area contributed by atoms with Crippen LogP contribution >= 0.6 is 0 Å². The number of hydrogen-bond donors (Lipinski definition) is 1. The van der Waals surface area contributed by atoms with Crippen molar-refractivity contribution in [3.05, 3.63) is 23.8 Å². The quantitative estimate of drug-likeness (QED) is 0.884. The first-order valence-electron chi connectivity index (χ1n) is 6.22. The zero-order valence-electron chi connectivity index (χ0n) is 10.9. The van der Waals surface area contributed by atoms with E-state index in [-0.39, 0.29) is 5.56 Å².